The first-order chi connectivity index (χ1) is 8.77. The summed E-state index contributed by atoms with van der Waals surface area (Å²) in [5, 5.41) is 2.45. The Bertz CT molecular complexity index is 625. The average molecular weight is 310 g/mol. The van der Waals surface area contributed by atoms with Crippen LogP contribution in [0.2, 0.25) is 0 Å². The number of nitrogens with two attached hydrogens (primary N) is 1. The highest BCUT2D eigenvalue weighted by Gasteiger charge is 2.37. The Labute approximate surface area is 117 Å². The molecule has 0 saturated carbocycles. The van der Waals surface area contributed by atoms with Crippen LogP contribution in [-0.2, 0) is 11.0 Å². The van der Waals surface area contributed by atoms with Crippen LogP contribution in [0.25, 0.3) is 11.1 Å². The number of anilines is 1. The number of alkyl halides is 3. The van der Waals surface area contributed by atoms with E-state index in [2.05, 4.69) is 14.7 Å². The third-order valence-corrected chi connectivity index (χ3v) is 2.31. The van der Waals surface area contributed by atoms with E-state index in [9.17, 15) is 18.0 Å². The Morgan fingerprint density at radius 2 is 2.10 bits per heavy atom. The number of oxazole rings is 1. The molecule has 2 aromatic rings. The monoisotopic (exact) mass is 309 g/mol. The predicted molar refractivity (Wildman–Crippen MR) is 68.5 cm³/mol. The van der Waals surface area contributed by atoms with Crippen molar-refractivity contribution >= 4 is 35.1 Å². The highest BCUT2D eigenvalue weighted by molar-refractivity contribution is 5.95. The molecular weight excluding hydrogens is 299 g/mol. The molecule has 0 unspecified atom stereocenters. The van der Waals surface area contributed by atoms with Crippen molar-refractivity contribution in [2.75, 3.05) is 5.32 Å². The summed E-state index contributed by atoms with van der Waals surface area (Å²) in [6.45, 7) is 1.49. The number of hydrogen-bond donors (Lipinski definition) is 2. The molecule has 0 aliphatic rings. The molecule has 20 heavy (non-hydrogen) atoms. The van der Waals surface area contributed by atoms with Gasteiger partial charge in [0.15, 0.2) is 5.58 Å². The van der Waals surface area contributed by atoms with Crippen molar-refractivity contribution in [3.63, 3.8) is 0 Å². The summed E-state index contributed by atoms with van der Waals surface area (Å²) in [7, 11) is 0. The molecule has 2 rings (SSSR count). The molecular formula is C11H11ClF3N3O2. The summed E-state index contributed by atoms with van der Waals surface area (Å²) in [4.78, 5) is 14.7. The van der Waals surface area contributed by atoms with Crippen molar-refractivity contribution in [3.05, 3.63) is 24.1 Å². The fourth-order valence-electron chi connectivity index (χ4n) is 1.38. The van der Waals surface area contributed by atoms with Gasteiger partial charge in [-0.05, 0) is 25.1 Å². The first-order valence-corrected chi connectivity index (χ1v) is 5.31. The highest BCUT2D eigenvalue weighted by atomic mass is 35.5. The van der Waals surface area contributed by atoms with Crippen LogP contribution >= 0.6 is 12.4 Å². The van der Waals surface area contributed by atoms with Crippen molar-refractivity contribution in [2.24, 2.45) is 5.73 Å². The zero-order valence-electron chi connectivity index (χ0n) is 10.2. The zero-order chi connectivity index (χ0) is 14.2. The van der Waals surface area contributed by atoms with Crippen LogP contribution in [-0.4, -0.2) is 16.9 Å². The Morgan fingerprint density at radius 3 is 2.65 bits per heavy atom. The van der Waals surface area contributed by atoms with Crippen molar-refractivity contribution < 1.29 is 22.4 Å². The van der Waals surface area contributed by atoms with Gasteiger partial charge in [0.05, 0.1) is 6.04 Å². The minimum atomic E-state index is -4.64. The van der Waals surface area contributed by atoms with E-state index in [1.54, 1.807) is 0 Å². The van der Waals surface area contributed by atoms with E-state index < -0.39 is 24.0 Å². The Balaban J connectivity index is 0.00000200. The quantitative estimate of drug-likeness (QED) is 0.893. The van der Waals surface area contributed by atoms with Gasteiger partial charge in [0.1, 0.15) is 5.52 Å². The molecule has 1 amide bonds. The molecule has 0 bridgehead atoms. The summed E-state index contributed by atoms with van der Waals surface area (Å²) in [6, 6.07) is 3.27. The zero-order valence-corrected chi connectivity index (χ0v) is 11.0. The lowest BCUT2D eigenvalue weighted by molar-refractivity contribution is -0.156. The number of rotatable bonds is 2. The number of halogens is 4. The maximum Gasteiger partial charge on any atom is 0.468 e. The van der Waals surface area contributed by atoms with Crippen molar-refractivity contribution in [2.45, 2.75) is 19.1 Å². The van der Waals surface area contributed by atoms with Gasteiger partial charge in [0, 0.05) is 5.69 Å². The van der Waals surface area contributed by atoms with E-state index >= 15 is 0 Å². The number of aromatic nitrogens is 1. The van der Waals surface area contributed by atoms with Gasteiger partial charge in [0.2, 0.25) is 5.91 Å². The fraction of sp³-hybridized carbons (Fsp3) is 0.273. The fourth-order valence-corrected chi connectivity index (χ4v) is 1.38. The van der Waals surface area contributed by atoms with Crippen molar-refractivity contribution in [1.82, 2.24) is 4.98 Å². The smallest absolute Gasteiger partial charge is 0.433 e. The molecule has 0 aliphatic heterocycles. The number of carbonyl (C=O) groups excluding carboxylic acids is 1. The summed E-state index contributed by atoms with van der Waals surface area (Å²) >= 11 is 0. The van der Waals surface area contributed by atoms with E-state index in [4.69, 9.17) is 5.73 Å². The highest BCUT2D eigenvalue weighted by Crippen LogP contribution is 2.31. The normalized spacial score (nSPS) is 12.8. The predicted octanol–water partition coefficient (Wildman–Crippen LogP) is 2.55. The molecule has 110 valence electrons. The minimum Gasteiger partial charge on any atom is -0.433 e. The maximum atomic E-state index is 12.4. The first kappa shape index (κ1) is 16.3. The molecule has 1 aromatic carbocycles. The van der Waals surface area contributed by atoms with Crippen LogP contribution < -0.4 is 11.1 Å². The van der Waals surface area contributed by atoms with Crippen molar-refractivity contribution in [3.8, 4) is 0 Å². The topological polar surface area (TPSA) is 81.2 Å². The molecule has 0 aliphatic carbocycles. The Kier molecular flexibility index (Phi) is 4.61. The first-order valence-electron chi connectivity index (χ1n) is 5.31. The summed E-state index contributed by atoms with van der Waals surface area (Å²) in [6.07, 6.45) is -4.64. The van der Waals surface area contributed by atoms with E-state index in [-0.39, 0.29) is 23.5 Å². The van der Waals surface area contributed by atoms with Gasteiger partial charge in [0.25, 0.3) is 0 Å². The molecule has 0 radical (unpaired) electrons. The van der Waals surface area contributed by atoms with Gasteiger partial charge in [-0.1, -0.05) is 0 Å². The second kappa shape index (κ2) is 5.68. The third kappa shape index (κ3) is 3.40. The van der Waals surface area contributed by atoms with E-state index in [1.807, 2.05) is 0 Å². The van der Waals surface area contributed by atoms with Crippen molar-refractivity contribution in [1.29, 1.82) is 0 Å². The van der Waals surface area contributed by atoms with Gasteiger partial charge < -0.3 is 15.5 Å². The second-order valence-corrected chi connectivity index (χ2v) is 3.98. The van der Waals surface area contributed by atoms with Crippen LogP contribution in [0, 0.1) is 0 Å². The third-order valence-electron chi connectivity index (χ3n) is 2.31. The summed E-state index contributed by atoms with van der Waals surface area (Å²) in [5.41, 5.74) is 5.67. The van der Waals surface area contributed by atoms with Crippen LogP contribution in [0.3, 0.4) is 0 Å². The van der Waals surface area contributed by atoms with Gasteiger partial charge in [-0.2, -0.15) is 13.2 Å². The number of carbonyl (C=O) groups is 1. The van der Waals surface area contributed by atoms with Gasteiger partial charge in [-0.25, -0.2) is 4.98 Å². The van der Waals surface area contributed by atoms with Gasteiger partial charge >= 0.3 is 12.1 Å². The summed E-state index contributed by atoms with van der Waals surface area (Å²) < 4.78 is 41.8. The van der Waals surface area contributed by atoms with Crippen LogP contribution in [0.4, 0.5) is 18.9 Å². The SMILES string of the molecule is C[C@@H](N)C(=O)Nc1ccc2oc(C(F)(F)F)nc2c1.Cl. The second-order valence-electron chi connectivity index (χ2n) is 3.98. The molecule has 1 atom stereocenters. The maximum absolute atomic E-state index is 12.4. The van der Waals surface area contributed by atoms with Crippen LogP contribution in [0.5, 0.6) is 0 Å². The van der Waals surface area contributed by atoms with Gasteiger partial charge in [-0.15, -0.1) is 12.4 Å². The number of hydrogen-bond acceptors (Lipinski definition) is 4. The Morgan fingerprint density at radius 1 is 1.45 bits per heavy atom. The molecule has 0 saturated heterocycles. The standard InChI is InChI=1S/C11H10F3N3O2.ClH/c1-5(15)9(18)16-6-2-3-8-7(4-6)17-10(19-8)11(12,13)14;/h2-5H,15H2,1H3,(H,16,18);1H/t5-;/m1./s1. The summed E-state index contributed by atoms with van der Waals surface area (Å²) in [5.74, 6) is -1.77. The number of amides is 1. The van der Waals surface area contributed by atoms with Crippen LogP contribution in [0.1, 0.15) is 12.8 Å². The molecule has 1 heterocycles. The minimum absolute atomic E-state index is 0. The number of fused-ring (bicyclic) bond motifs is 1. The number of nitrogens with zero attached hydrogens (tertiary/aromatic N) is 1. The molecule has 0 spiro atoms. The van der Waals surface area contributed by atoms with E-state index in [0.717, 1.165) is 0 Å². The van der Waals surface area contributed by atoms with Crippen LogP contribution in [0.15, 0.2) is 22.6 Å². The number of benzene rings is 1. The molecule has 0 fully saturated rings. The lowest BCUT2D eigenvalue weighted by Gasteiger charge is -2.06. The largest absolute Gasteiger partial charge is 0.468 e. The molecule has 3 N–H and O–H groups in total. The number of nitrogens with one attached hydrogen (secondary N) is 1. The van der Waals surface area contributed by atoms with E-state index in [1.165, 1.54) is 25.1 Å². The molecule has 9 heteroatoms. The Hall–Kier alpha value is -1.80. The molecule has 1 aromatic heterocycles. The average Bonchev–Trinajstić information content (AvgIpc) is 2.71. The molecule has 5 nitrogen and oxygen atoms in total. The lowest BCUT2D eigenvalue weighted by Crippen LogP contribution is -2.32. The van der Waals surface area contributed by atoms with Gasteiger partial charge in [-0.3, -0.25) is 4.79 Å². The van der Waals surface area contributed by atoms with E-state index in [0.29, 0.717) is 5.69 Å². The lowest BCUT2D eigenvalue weighted by atomic mass is 10.2.